The zero-order valence-electron chi connectivity index (χ0n) is 4.47. The summed E-state index contributed by atoms with van der Waals surface area (Å²) in [7, 11) is 0. The lowest BCUT2D eigenvalue weighted by Crippen LogP contribution is -1.98. The minimum absolute atomic E-state index is 0.0186. The third kappa shape index (κ3) is 3.61. The molecule has 0 heterocycles. The van der Waals surface area contributed by atoms with E-state index in [0.29, 0.717) is 0 Å². The maximum atomic E-state index is 9.82. The van der Waals surface area contributed by atoms with Gasteiger partial charge < -0.3 is 10.2 Å². The number of hydrogen-bond acceptors (Lipinski definition) is 2. The number of rotatable bonds is 2. The lowest BCUT2D eigenvalue weighted by Gasteiger charge is -1.87. The predicted octanol–water partition coefficient (Wildman–Crippen LogP) is 1.27. The summed E-state index contributed by atoms with van der Waals surface area (Å²) in [6, 6.07) is 0. The largest absolute Gasteiger partial charge is 0.502 e. The van der Waals surface area contributed by atoms with Gasteiger partial charge in [0.05, 0.1) is 0 Å². The number of carboxylic acid groups (broad SMARTS) is 1. The van der Waals surface area contributed by atoms with Crippen LogP contribution in [0.4, 0.5) is 0 Å². The second kappa shape index (κ2) is 3.14. The van der Waals surface area contributed by atoms with Gasteiger partial charge in [0.15, 0.2) is 0 Å². The van der Waals surface area contributed by atoms with E-state index in [-0.39, 0.29) is 5.03 Å². The van der Waals surface area contributed by atoms with E-state index >= 15 is 0 Å². The van der Waals surface area contributed by atoms with Crippen molar-refractivity contribution in [2.24, 2.45) is 0 Å². The van der Waals surface area contributed by atoms with Gasteiger partial charge in [0.25, 0.3) is 0 Å². The van der Waals surface area contributed by atoms with Gasteiger partial charge in [-0.15, -0.1) is 0 Å². The van der Waals surface area contributed by atoms with E-state index in [9.17, 15) is 4.79 Å². The summed E-state index contributed by atoms with van der Waals surface area (Å²) < 4.78 is 0. The van der Waals surface area contributed by atoms with Crippen molar-refractivity contribution >= 4 is 17.6 Å². The van der Waals surface area contributed by atoms with Crippen molar-refractivity contribution in [1.82, 2.24) is 0 Å². The Morgan fingerprint density at radius 1 is 1.56 bits per heavy atom. The van der Waals surface area contributed by atoms with Crippen molar-refractivity contribution in [3.8, 4) is 0 Å². The summed E-state index contributed by atoms with van der Waals surface area (Å²) >= 11 is 5.12. The summed E-state index contributed by atoms with van der Waals surface area (Å²) in [6.07, 6.45) is 0.851. The highest BCUT2D eigenvalue weighted by molar-refractivity contribution is 6.31. The van der Waals surface area contributed by atoms with Gasteiger partial charge in [0.1, 0.15) is 0 Å². The topological polar surface area (TPSA) is 57.5 Å². The van der Waals surface area contributed by atoms with Gasteiger partial charge in [-0.3, -0.25) is 0 Å². The van der Waals surface area contributed by atoms with Gasteiger partial charge in [0, 0.05) is 11.1 Å². The zero-order valence-corrected chi connectivity index (χ0v) is 5.22. The molecule has 0 spiro atoms. The summed E-state index contributed by atoms with van der Waals surface area (Å²) in [4.78, 5) is 9.82. The van der Waals surface area contributed by atoms with Crippen LogP contribution in [0.1, 0.15) is 0 Å². The lowest BCUT2D eigenvalue weighted by molar-refractivity contribution is -0.135. The van der Waals surface area contributed by atoms with Gasteiger partial charge in [-0.2, -0.15) is 0 Å². The molecule has 0 aromatic heterocycles. The van der Waals surface area contributed by atoms with Crippen molar-refractivity contribution in [2.75, 3.05) is 0 Å². The molecule has 0 bridgehead atoms. The maximum absolute atomic E-state index is 9.82. The van der Waals surface area contributed by atoms with E-state index in [1.165, 1.54) is 0 Å². The molecule has 0 rings (SSSR count). The van der Waals surface area contributed by atoms with Crippen LogP contribution in [0.25, 0.3) is 0 Å². The molecule has 0 aliphatic rings. The number of halogens is 1. The quantitative estimate of drug-likeness (QED) is 0.352. The van der Waals surface area contributed by atoms with E-state index in [1.54, 1.807) is 0 Å². The smallest absolute Gasteiger partial charge is 0.370 e. The van der Waals surface area contributed by atoms with Crippen LogP contribution in [0.5, 0.6) is 0 Å². The highest BCUT2D eigenvalue weighted by Crippen LogP contribution is 2.01. The molecule has 50 valence electrons. The molecule has 0 amide bonds. The Bertz CT molecular complexity index is 171. The fourth-order valence-corrected chi connectivity index (χ4v) is 0.313. The Labute approximate surface area is 56.9 Å². The highest BCUT2D eigenvalue weighted by atomic mass is 35.5. The molecule has 0 saturated carbocycles. The molecule has 0 radical (unpaired) electrons. The summed E-state index contributed by atoms with van der Waals surface area (Å²) in [6.45, 7) is 3.14. The third-order valence-corrected chi connectivity index (χ3v) is 0.622. The van der Waals surface area contributed by atoms with Crippen LogP contribution in [0.2, 0.25) is 0 Å². The molecule has 0 aromatic carbocycles. The number of aliphatic carboxylic acids is 1. The number of aliphatic hydroxyl groups is 1. The fraction of sp³-hybridized carbons (Fsp3) is 0. The minimum atomic E-state index is -1.42. The Hall–Kier alpha value is -0.960. The third-order valence-electron chi connectivity index (χ3n) is 0.512. The van der Waals surface area contributed by atoms with Crippen molar-refractivity contribution < 1.29 is 15.0 Å². The van der Waals surface area contributed by atoms with Crippen molar-refractivity contribution in [3.63, 3.8) is 0 Å². The van der Waals surface area contributed by atoms with Crippen LogP contribution in [0.15, 0.2) is 23.4 Å². The van der Waals surface area contributed by atoms with E-state index in [0.717, 1.165) is 6.08 Å². The van der Waals surface area contributed by atoms with E-state index in [4.69, 9.17) is 21.8 Å². The summed E-state index contributed by atoms with van der Waals surface area (Å²) in [5.74, 6) is -2.23. The molecule has 2 N–H and O–H groups in total. The number of carbonyl (C=O) groups is 1. The number of aliphatic hydroxyl groups excluding tert-OH is 1. The molecular weight excluding hydrogens is 144 g/mol. The van der Waals surface area contributed by atoms with Crippen LogP contribution in [-0.4, -0.2) is 16.2 Å². The van der Waals surface area contributed by atoms with Crippen LogP contribution >= 0.6 is 11.6 Å². The van der Waals surface area contributed by atoms with Crippen LogP contribution < -0.4 is 0 Å². The molecule has 0 unspecified atom stereocenters. The van der Waals surface area contributed by atoms with Crippen molar-refractivity contribution in [2.45, 2.75) is 0 Å². The monoisotopic (exact) mass is 148 g/mol. The molecule has 3 nitrogen and oxygen atoms in total. The first-order valence-electron chi connectivity index (χ1n) is 2.02. The molecule has 0 saturated heterocycles. The lowest BCUT2D eigenvalue weighted by atomic mass is 10.4. The van der Waals surface area contributed by atoms with E-state index in [1.807, 2.05) is 0 Å². The highest BCUT2D eigenvalue weighted by Gasteiger charge is 2.01. The molecule has 0 aliphatic carbocycles. The normalized spacial score (nSPS) is 11.0. The molecule has 0 aliphatic heterocycles. The van der Waals surface area contributed by atoms with Gasteiger partial charge in [-0.25, -0.2) is 4.79 Å². The van der Waals surface area contributed by atoms with Gasteiger partial charge in [-0.05, 0) is 0 Å². The predicted molar refractivity (Wildman–Crippen MR) is 33.3 cm³/mol. The fourth-order valence-electron chi connectivity index (χ4n) is 0.210. The Kier molecular flexibility index (Phi) is 2.81. The molecular formula is C5H5ClO3. The average Bonchev–Trinajstić information content (AvgIpc) is 1.63. The summed E-state index contributed by atoms with van der Waals surface area (Å²) in [5.41, 5.74) is 0. The molecule has 9 heavy (non-hydrogen) atoms. The van der Waals surface area contributed by atoms with E-state index in [2.05, 4.69) is 6.58 Å². The Balaban J connectivity index is 4.17. The number of hydrogen-bond donors (Lipinski definition) is 2. The summed E-state index contributed by atoms with van der Waals surface area (Å²) in [5, 5.41) is 16.4. The number of carboxylic acids is 1. The maximum Gasteiger partial charge on any atom is 0.370 e. The first-order chi connectivity index (χ1) is 4.04. The first kappa shape index (κ1) is 8.04. The van der Waals surface area contributed by atoms with Crippen molar-refractivity contribution in [3.05, 3.63) is 23.4 Å². The standard InChI is InChI=1S/C5H5ClO3/c1-3(6)2-4(7)5(8)9/h2,7H,1H2,(H,8,9)/b4-2+. The van der Waals surface area contributed by atoms with Crippen LogP contribution in [-0.2, 0) is 4.79 Å². The van der Waals surface area contributed by atoms with Gasteiger partial charge in [0.2, 0.25) is 5.76 Å². The van der Waals surface area contributed by atoms with E-state index < -0.39 is 11.7 Å². The Morgan fingerprint density at radius 2 is 2.00 bits per heavy atom. The molecule has 0 atom stereocenters. The van der Waals surface area contributed by atoms with Crippen LogP contribution in [0.3, 0.4) is 0 Å². The van der Waals surface area contributed by atoms with Crippen molar-refractivity contribution in [1.29, 1.82) is 0 Å². The zero-order chi connectivity index (χ0) is 7.44. The molecule has 0 aromatic rings. The van der Waals surface area contributed by atoms with Gasteiger partial charge >= 0.3 is 5.97 Å². The molecule has 4 heteroatoms. The van der Waals surface area contributed by atoms with Crippen LogP contribution in [0, 0.1) is 0 Å². The second-order valence-corrected chi connectivity index (χ2v) is 1.77. The second-order valence-electron chi connectivity index (χ2n) is 1.28. The van der Waals surface area contributed by atoms with Gasteiger partial charge in [-0.1, -0.05) is 18.2 Å². The average molecular weight is 149 g/mol. The SMILES string of the molecule is C=C(Cl)/C=C(/O)C(=O)O. The molecule has 0 fully saturated rings. The Morgan fingerprint density at radius 3 is 2.11 bits per heavy atom. The minimum Gasteiger partial charge on any atom is -0.502 e. The first-order valence-corrected chi connectivity index (χ1v) is 2.40. The number of allylic oxidation sites excluding steroid dienone is 2.